The monoisotopic (exact) mass is 482 g/mol. The van der Waals surface area contributed by atoms with Crippen molar-refractivity contribution in [1.82, 2.24) is 20.6 Å². The molecular weight excluding hydrogens is 456 g/mol. The molecule has 36 heavy (non-hydrogen) atoms. The Labute approximate surface area is 207 Å². The van der Waals surface area contributed by atoms with Crippen molar-refractivity contribution in [2.24, 2.45) is 0 Å². The Bertz CT molecular complexity index is 1530. The molecule has 0 saturated carbocycles. The van der Waals surface area contributed by atoms with E-state index in [1.54, 1.807) is 0 Å². The van der Waals surface area contributed by atoms with Crippen molar-refractivity contribution in [1.29, 1.82) is 0 Å². The first kappa shape index (κ1) is 23.3. The Morgan fingerprint density at radius 1 is 0.917 bits per heavy atom. The summed E-state index contributed by atoms with van der Waals surface area (Å²) in [6.07, 6.45) is 4.66. The Morgan fingerprint density at radius 3 is 2.36 bits per heavy atom. The molecule has 0 aliphatic rings. The number of benzene rings is 4. The summed E-state index contributed by atoms with van der Waals surface area (Å²) in [7, 11) is 0. The van der Waals surface area contributed by atoms with Gasteiger partial charge in [0.1, 0.15) is 6.04 Å². The number of H-pyrrole nitrogens is 1. The summed E-state index contributed by atoms with van der Waals surface area (Å²) in [6.45, 7) is -0.273. The highest BCUT2D eigenvalue weighted by Gasteiger charge is 2.21. The average molecular weight is 483 g/mol. The number of hydrogen-bond acceptors (Lipinski definition) is 4. The number of aliphatic carboxylic acids is 1. The van der Waals surface area contributed by atoms with E-state index in [9.17, 15) is 19.5 Å². The van der Waals surface area contributed by atoms with E-state index in [-0.39, 0.29) is 25.3 Å². The predicted molar refractivity (Wildman–Crippen MR) is 138 cm³/mol. The molecule has 5 rings (SSSR count). The second-order valence-electron chi connectivity index (χ2n) is 8.95. The van der Waals surface area contributed by atoms with Crippen LogP contribution in [0.25, 0.3) is 32.3 Å². The zero-order valence-corrected chi connectivity index (χ0v) is 19.6. The molecule has 5 aromatic rings. The first-order valence-electron chi connectivity index (χ1n) is 11.9. The summed E-state index contributed by atoms with van der Waals surface area (Å²) in [6, 6.07) is 18.1. The first-order chi connectivity index (χ1) is 17.5. The Kier molecular flexibility index (Phi) is 6.49. The molecule has 1 heterocycles. The predicted octanol–water partition coefficient (Wildman–Crippen LogP) is 3.56. The number of nitrogens with zero attached hydrogens (tertiary/aromatic N) is 1. The number of aryl methyl sites for hydroxylation is 1. The third-order valence-corrected chi connectivity index (χ3v) is 6.53. The van der Waals surface area contributed by atoms with Crippen LogP contribution >= 0.6 is 0 Å². The number of carbonyl (C=O) groups is 3. The normalized spacial score (nSPS) is 12.2. The maximum absolute atomic E-state index is 12.3. The summed E-state index contributed by atoms with van der Waals surface area (Å²) in [4.78, 5) is 42.6. The Balaban J connectivity index is 1.16. The zero-order valence-electron chi connectivity index (χ0n) is 19.6. The fourth-order valence-electron chi connectivity index (χ4n) is 4.78. The first-order valence-corrected chi connectivity index (χ1v) is 11.9. The van der Waals surface area contributed by atoms with Crippen molar-refractivity contribution in [3.05, 3.63) is 78.4 Å². The topological polar surface area (TPSA) is 124 Å². The van der Waals surface area contributed by atoms with Crippen molar-refractivity contribution in [2.75, 3.05) is 6.54 Å². The van der Waals surface area contributed by atoms with Gasteiger partial charge in [-0.25, -0.2) is 9.78 Å². The van der Waals surface area contributed by atoms with Gasteiger partial charge < -0.3 is 20.7 Å². The SMILES string of the molecule is O=C(CCCc1ccc2ccc3cccc4ccc1c2c34)NCC(=O)N[C@@H](Cc1cnc[nH]1)C(=O)O. The summed E-state index contributed by atoms with van der Waals surface area (Å²) in [5.74, 6) is -1.96. The lowest BCUT2D eigenvalue weighted by molar-refractivity contribution is -0.141. The van der Waals surface area contributed by atoms with Gasteiger partial charge in [0.15, 0.2) is 0 Å². The van der Waals surface area contributed by atoms with E-state index in [0.717, 1.165) is 6.42 Å². The molecule has 2 amide bonds. The van der Waals surface area contributed by atoms with Gasteiger partial charge in [-0.05, 0) is 50.7 Å². The van der Waals surface area contributed by atoms with Crippen LogP contribution in [0.3, 0.4) is 0 Å². The lowest BCUT2D eigenvalue weighted by Gasteiger charge is -2.14. The van der Waals surface area contributed by atoms with Crippen LogP contribution in [0.4, 0.5) is 0 Å². The van der Waals surface area contributed by atoms with Crippen LogP contribution in [-0.4, -0.2) is 45.4 Å². The Morgan fingerprint density at radius 2 is 1.64 bits per heavy atom. The number of hydrogen-bond donors (Lipinski definition) is 4. The smallest absolute Gasteiger partial charge is 0.326 e. The Hall–Kier alpha value is -4.46. The number of rotatable bonds is 10. The van der Waals surface area contributed by atoms with Crippen molar-refractivity contribution < 1.29 is 19.5 Å². The molecule has 1 atom stereocenters. The number of imidazole rings is 1. The van der Waals surface area contributed by atoms with Gasteiger partial charge in [0, 0.05) is 24.7 Å². The van der Waals surface area contributed by atoms with Gasteiger partial charge in [-0.3, -0.25) is 9.59 Å². The van der Waals surface area contributed by atoms with Crippen molar-refractivity contribution in [3.63, 3.8) is 0 Å². The fourth-order valence-corrected chi connectivity index (χ4v) is 4.78. The molecule has 0 saturated heterocycles. The minimum absolute atomic E-state index is 0.0777. The van der Waals surface area contributed by atoms with E-state index in [4.69, 9.17) is 0 Å². The zero-order chi connectivity index (χ0) is 25.1. The van der Waals surface area contributed by atoms with Gasteiger partial charge in [-0.15, -0.1) is 0 Å². The van der Waals surface area contributed by atoms with E-state index >= 15 is 0 Å². The van der Waals surface area contributed by atoms with Gasteiger partial charge >= 0.3 is 5.97 Å². The van der Waals surface area contributed by atoms with E-state index in [0.29, 0.717) is 12.1 Å². The summed E-state index contributed by atoms with van der Waals surface area (Å²) >= 11 is 0. The van der Waals surface area contributed by atoms with Crippen LogP contribution in [0.1, 0.15) is 24.1 Å². The van der Waals surface area contributed by atoms with E-state index < -0.39 is 17.9 Å². The van der Waals surface area contributed by atoms with E-state index in [2.05, 4.69) is 75.2 Å². The van der Waals surface area contributed by atoms with Crippen LogP contribution in [0.5, 0.6) is 0 Å². The molecule has 4 N–H and O–H groups in total. The molecule has 1 aromatic heterocycles. The van der Waals surface area contributed by atoms with Crippen molar-refractivity contribution in [2.45, 2.75) is 31.7 Å². The molecule has 0 fully saturated rings. The standard InChI is InChI=1S/C28H26N4O4/c33-24(30-15-25(34)32-23(28(35)36)13-21-14-29-16-31-21)6-2-3-17-7-8-20-10-9-18-4-1-5-19-11-12-22(17)27(20)26(18)19/h1,4-5,7-12,14,16,23H,2-3,6,13,15H2,(H,29,31)(H,30,33)(H,32,34)(H,35,36)/t23-/m0/s1. The van der Waals surface area contributed by atoms with Crippen LogP contribution < -0.4 is 10.6 Å². The summed E-state index contributed by atoms with van der Waals surface area (Å²) in [5, 5.41) is 21.7. The highest BCUT2D eigenvalue weighted by atomic mass is 16.4. The molecule has 0 bridgehead atoms. The molecule has 0 aliphatic heterocycles. The number of nitrogens with one attached hydrogen (secondary N) is 3. The number of carboxylic acids is 1. The molecule has 182 valence electrons. The lowest BCUT2D eigenvalue weighted by Crippen LogP contribution is -2.46. The van der Waals surface area contributed by atoms with Crippen LogP contribution in [0.2, 0.25) is 0 Å². The second-order valence-corrected chi connectivity index (χ2v) is 8.95. The molecule has 8 nitrogen and oxygen atoms in total. The van der Waals surface area contributed by atoms with Crippen molar-refractivity contribution in [3.8, 4) is 0 Å². The number of amides is 2. The molecule has 4 aromatic carbocycles. The number of carbonyl (C=O) groups excluding carboxylic acids is 2. The van der Waals surface area contributed by atoms with Crippen LogP contribution in [-0.2, 0) is 27.2 Å². The summed E-state index contributed by atoms with van der Waals surface area (Å²) in [5.41, 5.74) is 1.79. The van der Waals surface area contributed by atoms with Gasteiger partial charge in [-0.2, -0.15) is 0 Å². The molecule has 0 unspecified atom stereocenters. The number of carboxylic acid groups (broad SMARTS) is 1. The highest BCUT2D eigenvalue weighted by Crippen LogP contribution is 2.36. The molecule has 0 aliphatic carbocycles. The summed E-state index contributed by atoms with van der Waals surface area (Å²) < 4.78 is 0. The third-order valence-electron chi connectivity index (χ3n) is 6.53. The molecule has 0 radical (unpaired) electrons. The average Bonchev–Trinajstić information content (AvgIpc) is 3.39. The maximum atomic E-state index is 12.3. The molecular formula is C28H26N4O4. The highest BCUT2D eigenvalue weighted by molar-refractivity contribution is 6.23. The van der Waals surface area contributed by atoms with Gasteiger partial charge in [0.25, 0.3) is 0 Å². The van der Waals surface area contributed by atoms with E-state index in [1.807, 2.05) is 0 Å². The minimum Gasteiger partial charge on any atom is -0.480 e. The van der Waals surface area contributed by atoms with Crippen LogP contribution in [0.15, 0.2) is 67.1 Å². The fraction of sp³-hybridized carbons (Fsp3) is 0.214. The maximum Gasteiger partial charge on any atom is 0.326 e. The van der Waals surface area contributed by atoms with Crippen LogP contribution in [0, 0.1) is 0 Å². The van der Waals surface area contributed by atoms with Gasteiger partial charge in [0.2, 0.25) is 11.8 Å². The second kappa shape index (κ2) is 10.0. The number of aromatic nitrogens is 2. The third kappa shape index (κ3) is 4.84. The molecule has 8 heteroatoms. The van der Waals surface area contributed by atoms with Crippen molar-refractivity contribution >= 4 is 50.1 Å². The lowest BCUT2D eigenvalue weighted by atomic mass is 9.90. The minimum atomic E-state index is -1.16. The molecule has 0 spiro atoms. The quantitative estimate of drug-likeness (QED) is 0.227. The largest absolute Gasteiger partial charge is 0.480 e. The van der Waals surface area contributed by atoms with Gasteiger partial charge in [0.05, 0.1) is 12.9 Å². The van der Waals surface area contributed by atoms with E-state index in [1.165, 1.54) is 50.4 Å². The van der Waals surface area contributed by atoms with Gasteiger partial charge in [-0.1, -0.05) is 54.6 Å². The number of aromatic amines is 1.